The van der Waals surface area contributed by atoms with Crippen LogP contribution in [0.2, 0.25) is 0 Å². The molecule has 1 aromatic rings. The van der Waals surface area contributed by atoms with E-state index in [1.165, 1.54) is 30.2 Å². The molecule has 32 heavy (non-hydrogen) atoms. The van der Waals surface area contributed by atoms with Gasteiger partial charge in [0.15, 0.2) is 0 Å². The predicted octanol–water partition coefficient (Wildman–Crippen LogP) is 2.78. The van der Waals surface area contributed by atoms with Crippen molar-refractivity contribution in [3.63, 3.8) is 0 Å². The zero-order valence-corrected chi connectivity index (χ0v) is 19.2. The standard InChI is InChI=1S/C25H34N4O3/c1-18-10-14-28(15-11-18)22-17-23(30)29(25(22)32)21-8-6-20(7-9-21)24(31)26-12-16-27-13-4-3-5-19(27)2/h6-9,17-19H,3-5,10-16H2,1-2H3,(H,26,31)/t19-/m0/s1. The molecule has 1 atom stereocenters. The highest BCUT2D eigenvalue weighted by atomic mass is 16.2. The molecule has 172 valence electrons. The van der Waals surface area contributed by atoms with E-state index in [-0.39, 0.29) is 17.7 Å². The molecule has 0 aromatic heterocycles. The Labute approximate surface area is 190 Å². The second-order valence-corrected chi connectivity index (χ2v) is 9.36. The molecule has 0 unspecified atom stereocenters. The van der Waals surface area contributed by atoms with Gasteiger partial charge in [0, 0.05) is 43.9 Å². The highest BCUT2D eigenvalue weighted by Crippen LogP contribution is 2.28. The van der Waals surface area contributed by atoms with Gasteiger partial charge >= 0.3 is 0 Å². The topological polar surface area (TPSA) is 73.0 Å². The summed E-state index contributed by atoms with van der Waals surface area (Å²) in [6.45, 7) is 8.61. The maximum atomic E-state index is 12.9. The summed E-state index contributed by atoms with van der Waals surface area (Å²) in [6.07, 6.45) is 7.23. The Morgan fingerprint density at radius 3 is 2.41 bits per heavy atom. The minimum atomic E-state index is -0.323. The van der Waals surface area contributed by atoms with Gasteiger partial charge in [0.1, 0.15) is 5.70 Å². The number of likely N-dealkylation sites (tertiary alicyclic amines) is 2. The lowest BCUT2D eigenvalue weighted by Gasteiger charge is -2.33. The van der Waals surface area contributed by atoms with Crippen molar-refractivity contribution in [3.8, 4) is 0 Å². The quantitative estimate of drug-likeness (QED) is 0.692. The van der Waals surface area contributed by atoms with Gasteiger partial charge in [-0.1, -0.05) is 13.3 Å². The number of imide groups is 1. The van der Waals surface area contributed by atoms with Crippen LogP contribution in [0.15, 0.2) is 36.0 Å². The first-order valence-corrected chi connectivity index (χ1v) is 11.9. The van der Waals surface area contributed by atoms with E-state index < -0.39 is 0 Å². The zero-order valence-electron chi connectivity index (χ0n) is 19.2. The maximum Gasteiger partial charge on any atom is 0.281 e. The fraction of sp³-hybridized carbons (Fsp3) is 0.560. The van der Waals surface area contributed by atoms with Crippen LogP contribution in [0.3, 0.4) is 0 Å². The van der Waals surface area contributed by atoms with Crippen molar-refractivity contribution < 1.29 is 14.4 Å². The lowest BCUT2D eigenvalue weighted by Crippen LogP contribution is -2.42. The summed E-state index contributed by atoms with van der Waals surface area (Å²) in [5.74, 6) is -0.0903. The van der Waals surface area contributed by atoms with Crippen LogP contribution in [0, 0.1) is 5.92 Å². The molecule has 3 amide bonds. The number of rotatable bonds is 6. The van der Waals surface area contributed by atoms with Crippen molar-refractivity contribution in [3.05, 3.63) is 41.6 Å². The summed E-state index contributed by atoms with van der Waals surface area (Å²) in [7, 11) is 0. The third-order valence-electron chi connectivity index (χ3n) is 7.04. The summed E-state index contributed by atoms with van der Waals surface area (Å²) in [4.78, 5) is 43.7. The normalized spacial score (nSPS) is 22.9. The van der Waals surface area contributed by atoms with Crippen molar-refractivity contribution in [1.29, 1.82) is 0 Å². The maximum absolute atomic E-state index is 12.9. The van der Waals surface area contributed by atoms with E-state index in [0.29, 0.717) is 35.5 Å². The van der Waals surface area contributed by atoms with Gasteiger partial charge in [-0.05, 0) is 69.3 Å². The number of nitrogens with one attached hydrogen (secondary N) is 1. The van der Waals surface area contributed by atoms with E-state index in [1.807, 2.05) is 4.90 Å². The van der Waals surface area contributed by atoms with Gasteiger partial charge in [-0.15, -0.1) is 0 Å². The van der Waals surface area contributed by atoms with Gasteiger partial charge in [0.05, 0.1) is 5.69 Å². The predicted molar refractivity (Wildman–Crippen MR) is 124 cm³/mol. The number of nitrogens with zero attached hydrogens (tertiary/aromatic N) is 3. The van der Waals surface area contributed by atoms with Crippen LogP contribution < -0.4 is 10.2 Å². The molecule has 7 heteroatoms. The van der Waals surface area contributed by atoms with Crippen LogP contribution in [0.5, 0.6) is 0 Å². The highest BCUT2D eigenvalue weighted by molar-refractivity contribution is 6.30. The number of anilines is 1. The second kappa shape index (κ2) is 9.86. The van der Waals surface area contributed by atoms with Crippen LogP contribution in [0.1, 0.15) is 56.3 Å². The third-order valence-corrected chi connectivity index (χ3v) is 7.04. The Hall–Kier alpha value is -2.67. The number of amides is 3. The molecule has 0 bridgehead atoms. The van der Waals surface area contributed by atoms with Gasteiger partial charge in [0.2, 0.25) is 0 Å². The molecular weight excluding hydrogens is 404 g/mol. The van der Waals surface area contributed by atoms with Gasteiger partial charge in [-0.2, -0.15) is 0 Å². The number of benzene rings is 1. The molecule has 0 saturated carbocycles. The summed E-state index contributed by atoms with van der Waals surface area (Å²) in [5, 5.41) is 2.98. The minimum absolute atomic E-state index is 0.137. The van der Waals surface area contributed by atoms with Gasteiger partial charge in [-0.3, -0.25) is 19.3 Å². The summed E-state index contributed by atoms with van der Waals surface area (Å²) in [5.41, 5.74) is 1.50. The van der Waals surface area contributed by atoms with Crippen LogP contribution in [0.4, 0.5) is 5.69 Å². The van der Waals surface area contributed by atoms with Crippen molar-refractivity contribution in [2.24, 2.45) is 5.92 Å². The lowest BCUT2D eigenvalue weighted by molar-refractivity contribution is -0.121. The van der Waals surface area contributed by atoms with E-state index in [4.69, 9.17) is 0 Å². The summed E-state index contributed by atoms with van der Waals surface area (Å²) in [6, 6.07) is 7.27. The minimum Gasteiger partial charge on any atom is -0.367 e. The monoisotopic (exact) mass is 438 g/mol. The van der Waals surface area contributed by atoms with Crippen molar-refractivity contribution in [1.82, 2.24) is 15.1 Å². The molecule has 7 nitrogen and oxygen atoms in total. The Morgan fingerprint density at radius 2 is 1.72 bits per heavy atom. The molecule has 0 radical (unpaired) electrons. The third kappa shape index (κ3) is 4.88. The Morgan fingerprint density at radius 1 is 1.00 bits per heavy atom. The fourth-order valence-corrected chi connectivity index (χ4v) is 4.85. The van der Waals surface area contributed by atoms with E-state index in [0.717, 1.165) is 39.0 Å². The van der Waals surface area contributed by atoms with E-state index in [9.17, 15) is 14.4 Å². The van der Waals surface area contributed by atoms with Crippen LogP contribution in [-0.2, 0) is 9.59 Å². The van der Waals surface area contributed by atoms with E-state index >= 15 is 0 Å². The number of hydrogen-bond donors (Lipinski definition) is 1. The summed E-state index contributed by atoms with van der Waals surface area (Å²) < 4.78 is 0. The van der Waals surface area contributed by atoms with E-state index in [1.54, 1.807) is 24.3 Å². The van der Waals surface area contributed by atoms with Crippen LogP contribution in [-0.4, -0.2) is 66.3 Å². The second-order valence-electron chi connectivity index (χ2n) is 9.36. The first-order valence-electron chi connectivity index (χ1n) is 11.9. The smallest absolute Gasteiger partial charge is 0.281 e. The van der Waals surface area contributed by atoms with Gasteiger partial charge < -0.3 is 10.2 Å². The molecule has 4 rings (SSSR count). The average Bonchev–Trinajstić information content (AvgIpc) is 3.09. The van der Waals surface area contributed by atoms with E-state index in [2.05, 4.69) is 24.1 Å². The van der Waals surface area contributed by atoms with Crippen molar-refractivity contribution in [2.45, 2.75) is 52.0 Å². The first-order chi connectivity index (χ1) is 15.4. The zero-order chi connectivity index (χ0) is 22.7. The Kier molecular flexibility index (Phi) is 6.94. The number of hydrogen-bond acceptors (Lipinski definition) is 5. The Balaban J connectivity index is 1.32. The molecule has 2 fully saturated rings. The van der Waals surface area contributed by atoms with Crippen LogP contribution >= 0.6 is 0 Å². The fourth-order valence-electron chi connectivity index (χ4n) is 4.85. The number of piperidine rings is 2. The van der Waals surface area contributed by atoms with Gasteiger partial charge in [0.25, 0.3) is 17.7 Å². The molecule has 3 aliphatic rings. The molecule has 1 N–H and O–H groups in total. The highest BCUT2D eigenvalue weighted by Gasteiger charge is 2.36. The molecule has 3 heterocycles. The van der Waals surface area contributed by atoms with Gasteiger partial charge in [-0.25, -0.2) is 4.90 Å². The molecular formula is C25H34N4O3. The molecule has 2 saturated heterocycles. The SMILES string of the molecule is CC1CCN(C2=CC(=O)N(c3ccc(C(=O)NCCN4CCCC[C@@H]4C)cc3)C2=O)CC1. The molecule has 0 aliphatic carbocycles. The first kappa shape index (κ1) is 22.5. The number of carbonyl (C=O) groups is 3. The molecule has 1 aromatic carbocycles. The average molecular weight is 439 g/mol. The summed E-state index contributed by atoms with van der Waals surface area (Å²) >= 11 is 0. The van der Waals surface area contributed by atoms with Crippen molar-refractivity contribution in [2.75, 3.05) is 37.6 Å². The number of carbonyl (C=O) groups excluding carboxylic acids is 3. The van der Waals surface area contributed by atoms with Crippen molar-refractivity contribution >= 4 is 23.4 Å². The molecule has 3 aliphatic heterocycles. The lowest BCUT2D eigenvalue weighted by atomic mass is 9.99. The Bertz CT molecular complexity index is 887. The molecule has 0 spiro atoms. The largest absolute Gasteiger partial charge is 0.367 e. The van der Waals surface area contributed by atoms with Crippen LogP contribution in [0.25, 0.3) is 0 Å².